The van der Waals surface area contributed by atoms with Gasteiger partial charge in [0, 0.05) is 24.3 Å². The lowest BCUT2D eigenvalue weighted by atomic mass is 9.74. The molecule has 0 saturated carbocycles. The van der Waals surface area contributed by atoms with E-state index >= 15 is 0 Å². The van der Waals surface area contributed by atoms with E-state index in [9.17, 15) is 0 Å². The van der Waals surface area contributed by atoms with E-state index in [1.807, 2.05) is 31.2 Å². The van der Waals surface area contributed by atoms with Crippen LogP contribution in [-0.2, 0) is 10.2 Å². The fraction of sp³-hybridized carbons (Fsp3) is 0.409. The Morgan fingerprint density at radius 3 is 2.36 bits per heavy atom. The summed E-state index contributed by atoms with van der Waals surface area (Å²) in [6, 6.07) is 16.5. The summed E-state index contributed by atoms with van der Waals surface area (Å²) < 4.78 is 11.2. The van der Waals surface area contributed by atoms with Crippen molar-refractivity contribution in [3.8, 4) is 5.75 Å². The first-order valence-corrected chi connectivity index (χ1v) is 9.56. The van der Waals surface area contributed by atoms with Crippen LogP contribution in [0.15, 0.2) is 53.5 Å². The summed E-state index contributed by atoms with van der Waals surface area (Å²) in [5.74, 6) is 1.34. The van der Waals surface area contributed by atoms with Crippen LogP contribution in [0, 0.1) is 6.92 Å². The van der Waals surface area contributed by atoms with Crippen molar-refractivity contribution < 1.29 is 9.47 Å². The van der Waals surface area contributed by atoms with Gasteiger partial charge < -0.3 is 20.5 Å². The molecule has 1 aliphatic heterocycles. The molecule has 0 unspecified atom stereocenters. The number of hydrogen-bond donors (Lipinski definition) is 2. The van der Waals surface area contributed by atoms with Gasteiger partial charge in [0.2, 0.25) is 0 Å². The third kappa shape index (κ3) is 5.85. The topological polar surface area (TPSA) is 68.9 Å². The number of anilines is 1. The zero-order valence-electron chi connectivity index (χ0n) is 16.6. The van der Waals surface area contributed by atoms with E-state index in [1.54, 1.807) is 0 Å². The number of benzene rings is 2. The Labute approximate surface area is 184 Å². The Balaban J connectivity index is 0.00000280. The molecule has 2 aromatic carbocycles. The van der Waals surface area contributed by atoms with Crippen LogP contribution in [0.4, 0.5) is 5.69 Å². The monoisotopic (exact) mass is 495 g/mol. The van der Waals surface area contributed by atoms with E-state index in [0.717, 1.165) is 37.5 Å². The summed E-state index contributed by atoms with van der Waals surface area (Å²) >= 11 is 0. The molecule has 0 bridgehead atoms. The quantitative estimate of drug-likeness (QED) is 0.352. The summed E-state index contributed by atoms with van der Waals surface area (Å²) in [6.45, 7) is 6.85. The minimum Gasteiger partial charge on any atom is -0.494 e. The van der Waals surface area contributed by atoms with Crippen LogP contribution in [0.1, 0.15) is 30.9 Å². The van der Waals surface area contributed by atoms with Crippen LogP contribution in [0.3, 0.4) is 0 Å². The van der Waals surface area contributed by atoms with E-state index in [4.69, 9.17) is 15.2 Å². The van der Waals surface area contributed by atoms with Gasteiger partial charge >= 0.3 is 0 Å². The maximum absolute atomic E-state index is 6.15. The standard InChI is InChI=1S/C22H29N3O2.HI/c1-3-27-20-10-6-18(7-11-20)22(12-14-26-15-13-22)16-24-21(23)25-19-8-4-17(2)5-9-19;/h4-11H,3,12-16H2,1-2H3,(H3,23,24,25);1H. The van der Waals surface area contributed by atoms with E-state index in [2.05, 4.69) is 41.5 Å². The Morgan fingerprint density at radius 1 is 1.11 bits per heavy atom. The molecule has 3 N–H and O–H groups in total. The smallest absolute Gasteiger partial charge is 0.193 e. The van der Waals surface area contributed by atoms with Crippen molar-refractivity contribution in [1.29, 1.82) is 0 Å². The summed E-state index contributed by atoms with van der Waals surface area (Å²) in [4.78, 5) is 4.67. The number of nitrogens with zero attached hydrogens (tertiary/aromatic N) is 1. The lowest BCUT2D eigenvalue weighted by Crippen LogP contribution is -2.38. The number of ether oxygens (including phenoxy) is 2. The Kier molecular flexibility index (Phi) is 8.57. The molecule has 6 heteroatoms. The lowest BCUT2D eigenvalue weighted by molar-refractivity contribution is 0.0531. The van der Waals surface area contributed by atoms with Crippen molar-refractivity contribution in [2.45, 2.75) is 32.1 Å². The second-order valence-corrected chi connectivity index (χ2v) is 7.04. The molecule has 0 amide bonds. The van der Waals surface area contributed by atoms with Gasteiger partial charge in [-0.1, -0.05) is 29.8 Å². The van der Waals surface area contributed by atoms with Gasteiger partial charge in [-0.25, -0.2) is 0 Å². The first-order valence-electron chi connectivity index (χ1n) is 9.56. The van der Waals surface area contributed by atoms with Gasteiger partial charge in [-0.2, -0.15) is 0 Å². The maximum Gasteiger partial charge on any atom is 0.193 e. The van der Waals surface area contributed by atoms with Crippen molar-refractivity contribution in [1.82, 2.24) is 0 Å². The molecule has 5 nitrogen and oxygen atoms in total. The first kappa shape index (κ1) is 22.5. The van der Waals surface area contributed by atoms with Crippen molar-refractivity contribution in [2.75, 3.05) is 31.7 Å². The van der Waals surface area contributed by atoms with Gasteiger partial charge in [0.15, 0.2) is 5.96 Å². The number of guanidine groups is 1. The number of hydrogen-bond acceptors (Lipinski definition) is 3. The predicted octanol–water partition coefficient (Wildman–Crippen LogP) is 4.49. The average molecular weight is 495 g/mol. The third-order valence-corrected chi connectivity index (χ3v) is 5.10. The van der Waals surface area contributed by atoms with E-state index in [1.165, 1.54) is 11.1 Å². The summed E-state index contributed by atoms with van der Waals surface area (Å²) in [7, 11) is 0. The number of nitrogens with two attached hydrogens (primary N) is 1. The van der Waals surface area contributed by atoms with Crippen molar-refractivity contribution >= 4 is 35.6 Å². The Morgan fingerprint density at radius 2 is 1.75 bits per heavy atom. The molecule has 28 heavy (non-hydrogen) atoms. The highest BCUT2D eigenvalue weighted by atomic mass is 127. The number of aliphatic imine (C=N–C) groups is 1. The van der Waals surface area contributed by atoms with E-state index in [0.29, 0.717) is 19.1 Å². The number of halogens is 1. The Hall–Kier alpha value is -1.80. The van der Waals surface area contributed by atoms with Crippen molar-refractivity contribution in [3.05, 3.63) is 59.7 Å². The van der Waals surface area contributed by atoms with Gasteiger partial charge in [0.1, 0.15) is 5.75 Å². The van der Waals surface area contributed by atoms with E-state index in [-0.39, 0.29) is 29.4 Å². The minimum absolute atomic E-state index is 0. The summed E-state index contributed by atoms with van der Waals surface area (Å²) in [6.07, 6.45) is 1.87. The van der Waals surface area contributed by atoms with Crippen LogP contribution in [0.5, 0.6) is 5.75 Å². The van der Waals surface area contributed by atoms with E-state index < -0.39 is 0 Å². The molecule has 2 aromatic rings. The van der Waals surface area contributed by atoms with Gasteiger partial charge in [0.25, 0.3) is 0 Å². The molecule has 1 saturated heterocycles. The zero-order valence-corrected chi connectivity index (χ0v) is 18.9. The summed E-state index contributed by atoms with van der Waals surface area (Å²) in [5.41, 5.74) is 9.52. The normalized spacial score (nSPS) is 16.1. The number of rotatable bonds is 6. The molecule has 0 aliphatic carbocycles. The molecule has 0 spiro atoms. The molecule has 1 heterocycles. The second-order valence-electron chi connectivity index (χ2n) is 7.04. The molecule has 0 atom stereocenters. The second kappa shape index (κ2) is 10.7. The van der Waals surface area contributed by atoms with Crippen molar-refractivity contribution in [2.24, 2.45) is 10.7 Å². The van der Waals surface area contributed by atoms with Crippen LogP contribution in [-0.4, -0.2) is 32.3 Å². The largest absolute Gasteiger partial charge is 0.494 e. The Bertz CT molecular complexity index is 754. The molecule has 3 rings (SSSR count). The van der Waals surface area contributed by atoms with Gasteiger partial charge in [-0.3, -0.25) is 4.99 Å². The average Bonchev–Trinajstić information content (AvgIpc) is 2.70. The number of nitrogens with one attached hydrogen (secondary N) is 1. The molecule has 1 fully saturated rings. The molecular weight excluding hydrogens is 465 g/mol. The minimum atomic E-state index is -0.0530. The van der Waals surface area contributed by atoms with Crippen LogP contribution in [0.25, 0.3) is 0 Å². The highest BCUT2D eigenvalue weighted by Gasteiger charge is 2.34. The highest BCUT2D eigenvalue weighted by molar-refractivity contribution is 14.0. The fourth-order valence-electron chi connectivity index (χ4n) is 3.43. The van der Waals surface area contributed by atoms with Gasteiger partial charge in [0.05, 0.1) is 13.2 Å². The van der Waals surface area contributed by atoms with Gasteiger partial charge in [-0.05, 0) is 56.5 Å². The lowest BCUT2D eigenvalue weighted by Gasteiger charge is -2.36. The van der Waals surface area contributed by atoms with Crippen LogP contribution >= 0.6 is 24.0 Å². The van der Waals surface area contributed by atoms with Crippen molar-refractivity contribution in [3.63, 3.8) is 0 Å². The first-order chi connectivity index (χ1) is 13.1. The van der Waals surface area contributed by atoms with Crippen LogP contribution in [0.2, 0.25) is 0 Å². The fourth-order valence-corrected chi connectivity index (χ4v) is 3.43. The molecule has 152 valence electrons. The van der Waals surface area contributed by atoms with Crippen LogP contribution < -0.4 is 15.8 Å². The zero-order chi connectivity index (χ0) is 19.1. The predicted molar refractivity (Wildman–Crippen MR) is 126 cm³/mol. The molecule has 1 aliphatic rings. The number of aryl methyl sites for hydroxylation is 1. The molecule has 0 radical (unpaired) electrons. The highest BCUT2D eigenvalue weighted by Crippen LogP contribution is 2.36. The third-order valence-electron chi connectivity index (χ3n) is 5.10. The molecule has 0 aromatic heterocycles. The SMILES string of the molecule is CCOc1ccc(C2(CN=C(N)Nc3ccc(C)cc3)CCOCC2)cc1.I. The molecular formula is C22H30IN3O2. The van der Waals surface area contributed by atoms with Gasteiger partial charge in [-0.15, -0.1) is 24.0 Å². The summed E-state index contributed by atoms with van der Waals surface area (Å²) in [5, 5.41) is 3.18. The maximum atomic E-state index is 6.15.